The first kappa shape index (κ1) is 23.1. The molecule has 0 aliphatic heterocycles. The summed E-state index contributed by atoms with van der Waals surface area (Å²) in [6.45, 7) is 6.65. The highest BCUT2D eigenvalue weighted by Crippen LogP contribution is 2.06. The molecule has 0 saturated carbocycles. The van der Waals surface area contributed by atoms with Crippen LogP contribution in [0, 0.1) is 0 Å². The molecule has 0 radical (unpaired) electrons. The first-order chi connectivity index (χ1) is 11.3. The number of hydrogen-bond acceptors (Lipinski definition) is 4. The van der Waals surface area contributed by atoms with Crippen LogP contribution < -0.4 is 10.6 Å². The van der Waals surface area contributed by atoms with Crippen molar-refractivity contribution in [1.82, 2.24) is 10.6 Å². The molecule has 1 aromatic carbocycles. The maximum atomic E-state index is 5.59. The summed E-state index contributed by atoms with van der Waals surface area (Å²) in [4.78, 5) is 4.18. The van der Waals surface area contributed by atoms with E-state index in [-0.39, 0.29) is 24.0 Å². The molecule has 2 N–H and O–H groups in total. The second kappa shape index (κ2) is 15.6. The number of aliphatic imine (C=N–C) groups is 1. The Balaban J connectivity index is 0.00000529. The Morgan fingerprint density at radius 1 is 1.08 bits per heavy atom. The number of nitrogens with one attached hydrogen (secondary N) is 2. The third-order valence-corrected chi connectivity index (χ3v) is 3.12. The Morgan fingerprint density at radius 3 is 2.54 bits per heavy atom. The molecule has 0 aliphatic rings. The van der Waals surface area contributed by atoms with E-state index < -0.39 is 0 Å². The Labute approximate surface area is 162 Å². The van der Waals surface area contributed by atoms with E-state index in [4.69, 9.17) is 14.2 Å². The van der Waals surface area contributed by atoms with Crippen molar-refractivity contribution in [3.8, 4) is 0 Å². The van der Waals surface area contributed by atoms with Gasteiger partial charge in [0.05, 0.1) is 26.4 Å². The fourth-order valence-electron chi connectivity index (χ4n) is 1.96. The summed E-state index contributed by atoms with van der Waals surface area (Å²) in [5.74, 6) is 0.764. The molecule has 0 heterocycles. The van der Waals surface area contributed by atoms with Crippen LogP contribution in [0.25, 0.3) is 0 Å². The minimum Gasteiger partial charge on any atom is -0.383 e. The van der Waals surface area contributed by atoms with Crippen molar-refractivity contribution in [1.29, 1.82) is 0 Å². The highest BCUT2D eigenvalue weighted by atomic mass is 127. The van der Waals surface area contributed by atoms with Gasteiger partial charge in [0.1, 0.15) is 0 Å². The molecule has 0 saturated heterocycles. The highest BCUT2D eigenvalue weighted by Gasteiger charge is 2.00. The second-order valence-electron chi connectivity index (χ2n) is 4.91. The van der Waals surface area contributed by atoms with Crippen LogP contribution in [0.2, 0.25) is 0 Å². The van der Waals surface area contributed by atoms with E-state index in [2.05, 4.69) is 33.8 Å². The van der Waals surface area contributed by atoms with Crippen LogP contribution in [-0.4, -0.2) is 53.1 Å². The largest absolute Gasteiger partial charge is 0.383 e. The topological polar surface area (TPSA) is 64.1 Å². The van der Waals surface area contributed by atoms with E-state index in [9.17, 15) is 0 Å². The minimum atomic E-state index is 0. The van der Waals surface area contributed by atoms with E-state index in [0.717, 1.165) is 24.7 Å². The average molecular weight is 451 g/mol. The molecular formula is C17H30IN3O3. The van der Waals surface area contributed by atoms with Gasteiger partial charge in [-0.05, 0) is 18.1 Å². The molecule has 0 bridgehead atoms. The van der Waals surface area contributed by atoms with Gasteiger partial charge in [0.15, 0.2) is 5.96 Å². The van der Waals surface area contributed by atoms with Gasteiger partial charge in [-0.15, -0.1) is 24.0 Å². The van der Waals surface area contributed by atoms with Gasteiger partial charge in [-0.3, -0.25) is 4.99 Å². The smallest absolute Gasteiger partial charge is 0.191 e. The maximum absolute atomic E-state index is 5.59. The molecule has 1 rings (SSSR count). The number of ether oxygens (including phenoxy) is 3. The van der Waals surface area contributed by atoms with Gasteiger partial charge in [0.25, 0.3) is 0 Å². The summed E-state index contributed by atoms with van der Waals surface area (Å²) >= 11 is 0. The van der Waals surface area contributed by atoms with Crippen LogP contribution >= 0.6 is 24.0 Å². The van der Waals surface area contributed by atoms with Crippen LogP contribution in [0.3, 0.4) is 0 Å². The summed E-state index contributed by atoms with van der Waals surface area (Å²) in [7, 11) is 3.44. The minimum absolute atomic E-state index is 0. The predicted molar refractivity (Wildman–Crippen MR) is 108 cm³/mol. The molecule has 0 aromatic heterocycles. The summed E-state index contributed by atoms with van der Waals surface area (Å²) in [6.07, 6.45) is 0. The molecule has 0 fully saturated rings. The second-order valence-corrected chi connectivity index (χ2v) is 4.91. The third-order valence-electron chi connectivity index (χ3n) is 3.12. The first-order valence-corrected chi connectivity index (χ1v) is 7.97. The van der Waals surface area contributed by atoms with E-state index >= 15 is 0 Å². The number of benzene rings is 1. The quantitative estimate of drug-likeness (QED) is 0.234. The molecule has 0 spiro atoms. The molecule has 0 atom stereocenters. The van der Waals surface area contributed by atoms with Crippen LogP contribution in [0.15, 0.2) is 29.3 Å². The fraction of sp³-hybridized carbons (Fsp3) is 0.588. The summed E-state index contributed by atoms with van der Waals surface area (Å²) < 4.78 is 15.9. The molecular weight excluding hydrogens is 421 g/mol. The van der Waals surface area contributed by atoms with Crippen LogP contribution in [-0.2, 0) is 27.4 Å². The van der Waals surface area contributed by atoms with Crippen molar-refractivity contribution in [3.63, 3.8) is 0 Å². The van der Waals surface area contributed by atoms with Gasteiger partial charge in [-0.25, -0.2) is 0 Å². The van der Waals surface area contributed by atoms with E-state index in [1.165, 1.54) is 5.56 Å². The van der Waals surface area contributed by atoms with E-state index in [1.54, 1.807) is 14.2 Å². The standard InChI is InChI=1S/C17H29N3O3.HI/c1-4-22-10-11-23-14-16-7-5-6-15(12-16)13-20-17(18-2)19-8-9-21-3;/h5-7,12H,4,8-11,13-14H2,1-3H3,(H2,18,19,20);1H. The van der Waals surface area contributed by atoms with Gasteiger partial charge in [0.2, 0.25) is 0 Å². The van der Waals surface area contributed by atoms with Crippen molar-refractivity contribution in [3.05, 3.63) is 35.4 Å². The number of nitrogens with zero attached hydrogens (tertiary/aromatic N) is 1. The lowest BCUT2D eigenvalue weighted by Crippen LogP contribution is -2.38. The first-order valence-electron chi connectivity index (χ1n) is 7.97. The third kappa shape index (κ3) is 10.8. The highest BCUT2D eigenvalue weighted by molar-refractivity contribution is 14.0. The molecule has 138 valence electrons. The van der Waals surface area contributed by atoms with Crippen LogP contribution in [0.1, 0.15) is 18.1 Å². The Hall–Kier alpha value is -0.900. The zero-order valence-electron chi connectivity index (χ0n) is 14.8. The van der Waals surface area contributed by atoms with Gasteiger partial charge < -0.3 is 24.8 Å². The Morgan fingerprint density at radius 2 is 1.83 bits per heavy atom. The van der Waals surface area contributed by atoms with Crippen molar-refractivity contribution < 1.29 is 14.2 Å². The van der Waals surface area contributed by atoms with Crippen molar-refractivity contribution in [2.24, 2.45) is 4.99 Å². The predicted octanol–water partition coefficient (Wildman–Crippen LogP) is 2.17. The Bertz CT molecular complexity index is 458. The van der Waals surface area contributed by atoms with Crippen molar-refractivity contribution >= 4 is 29.9 Å². The zero-order chi connectivity index (χ0) is 16.8. The maximum Gasteiger partial charge on any atom is 0.191 e. The summed E-state index contributed by atoms with van der Waals surface area (Å²) in [6, 6.07) is 8.32. The van der Waals surface area contributed by atoms with Crippen LogP contribution in [0.5, 0.6) is 0 Å². The van der Waals surface area contributed by atoms with Crippen molar-refractivity contribution in [2.45, 2.75) is 20.1 Å². The van der Waals surface area contributed by atoms with Crippen molar-refractivity contribution in [2.75, 3.05) is 47.1 Å². The van der Waals surface area contributed by atoms with Gasteiger partial charge in [0, 0.05) is 33.9 Å². The van der Waals surface area contributed by atoms with E-state index in [1.807, 2.05) is 13.0 Å². The lowest BCUT2D eigenvalue weighted by molar-refractivity contribution is 0.0453. The number of halogens is 1. The SMILES string of the molecule is CCOCCOCc1cccc(CNC(=NC)NCCOC)c1.I. The molecule has 6 nitrogen and oxygen atoms in total. The normalized spacial score (nSPS) is 11.0. The molecule has 7 heteroatoms. The monoisotopic (exact) mass is 451 g/mol. The lowest BCUT2D eigenvalue weighted by Gasteiger charge is -2.12. The molecule has 0 amide bonds. The number of hydrogen-bond donors (Lipinski definition) is 2. The zero-order valence-corrected chi connectivity index (χ0v) is 17.2. The van der Waals surface area contributed by atoms with E-state index in [0.29, 0.717) is 33.0 Å². The summed E-state index contributed by atoms with van der Waals surface area (Å²) in [5.41, 5.74) is 2.34. The fourth-order valence-corrected chi connectivity index (χ4v) is 1.96. The average Bonchev–Trinajstić information content (AvgIpc) is 2.58. The van der Waals surface area contributed by atoms with Gasteiger partial charge >= 0.3 is 0 Å². The molecule has 24 heavy (non-hydrogen) atoms. The van der Waals surface area contributed by atoms with Crippen LogP contribution in [0.4, 0.5) is 0 Å². The molecule has 1 aromatic rings. The van der Waals surface area contributed by atoms with Gasteiger partial charge in [-0.1, -0.05) is 24.3 Å². The number of rotatable bonds is 11. The summed E-state index contributed by atoms with van der Waals surface area (Å²) in [5, 5.41) is 6.46. The lowest BCUT2D eigenvalue weighted by atomic mass is 10.1. The number of guanidine groups is 1. The molecule has 0 unspecified atom stereocenters. The molecule has 0 aliphatic carbocycles. The Kier molecular flexibility index (Phi) is 15.0. The number of methoxy groups -OCH3 is 1. The van der Waals surface area contributed by atoms with Gasteiger partial charge in [-0.2, -0.15) is 0 Å².